The second kappa shape index (κ2) is 10.6. The Hall–Kier alpha value is -4.70. The van der Waals surface area contributed by atoms with Crippen LogP contribution in [0.15, 0.2) is 47.6 Å². The maximum Gasteiger partial charge on any atom is 0.437 e. The van der Waals surface area contributed by atoms with Crippen molar-refractivity contribution in [3.05, 3.63) is 54.3 Å². The molecule has 220 valence electrons. The predicted molar refractivity (Wildman–Crippen MR) is 136 cm³/mol. The molecule has 3 aromatic heterocycles. The van der Waals surface area contributed by atoms with Crippen LogP contribution in [-0.4, -0.2) is 91.2 Å². The van der Waals surface area contributed by atoms with Crippen molar-refractivity contribution in [1.29, 1.82) is 0 Å². The molecule has 6 rings (SSSR count). The van der Waals surface area contributed by atoms with Gasteiger partial charge in [0.1, 0.15) is 23.9 Å². The number of hydrogen-bond acceptors (Lipinski definition) is 10. The zero-order valence-corrected chi connectivity index (χ0v) is 21.8. The third-order valence-corrected chi connectivity index (χ3v) is 7.11. The number of ether oxygens (including phenoxy) is 2. The second-order valence-electron chi connectivity index (χ2n) is 9.86. The van der Waals surface area contributed by atoms with Gasteiger partial charge in [-0.1, -0.05) is 5.16 Å². The molecule has 2 aliphatic heterocycles. The van der Waals surface area contributed by atoms with Crippen LogP contribution in [0.25, 0.3) is 16.9 Å². The van der Waals surface area contributed by atoms with E-state index in [1.165, 1.54) is 46.1 Å². The van der Waals surface area contributed by atoms with Crippen molar-refractivity contribution in [3.8, 4) is 28.6 Å². The van der Waals surface area contributed by atoms with Gasteiger partial charge < -0.3 is 34.6 Å². The molecule has 0 spiro atoms. The topological polar surface area (TPSA) is 162 Å². The van der Waals surface area contributed by atoms with Gasteiger partial charge in [-0.25, -0.2) is 9.97 Å². The van der Waals surface area contributed by atoms with Gasteiger partial charge in [0.2, 0.25) is 5.65 Å². The first-order valence-corrected chi connectivity index (χ1v) is 12.9. The van der Waals surface area contributed by atoms with E-state index in [4.69, 9.17) is 15.2 Å². The van der Waals surface area contributed by atoms with E-state index in [1.54, 1.807) is 4.90 Å². The van der Waals surface area contributed by atoms with Crippen LogP contribution in [0.1, 0.15) is 22.5 Å². The fraction of sp³-hybridized carbons (Fsp3) is 0.346. The molecule has 0 saturated carbocycles. The highest BCUT2D eigenvalue weighted by atomic mass is 19.4. The maximum atomic E-state index is 13.3. The standard InChI is InChI=1S/C26H24F3N7O6/c27-26(28,29)21-17(13-41-33-21)18-11-32-22-23(31-3-4-36(18)22)42-15-1-2-16(19(37)10-15)24(38)34-5-7-35(8-6-34)25(39)20-9-14(30)12-40-20/h1-4,10-11,13-14,20,37H,5-9,12,30H2/t14-,20-/m0/s1. The molecule has 4 aromatic rings. The van der Waals surface area contributed by atoms with Crippen molar-refractivity contribution < 1.29 is 41.9 Å². The van der Waals surface area contributed by atoms with Crippen LogP contribution in [0.5, 0.6) is 17.4 Å². The van der Waals surface area contributed by atoms with Crippen LogP contribution in [-0.2, 0) is 15.7 Å². The van der Waals surface area contributed by atoms with E-state index in [0.717, 1.165) is 6.26 Å². The summed E-state index contributed by atoms with van der Waals surface area (Å²) in [7, 11) is 0. The molecule has 0 aliphatic carbocycles. The van der Waals surface area contributed by atoms with Gasteiger partial charge in [0.25, 0.3) is 17.7 Å². The van der Waals surface area contributed by atoms with Crippen LogP contribution in [0, 0.1) is 0 Å². The maximum absolute atomic E-state index is 13.3. The number of imidazole rings is 1. The van der Waals surface area contributed by atoms with Gasteiger partial charge in [0, 0.05) is 50.7 Å². The molecule has 5 heterocycles. The summed E-state index contributed by atoms with van der Waals surface area (Å²) in [6.07, 6.45) is -0.0457. The van der Waals surface area contributed by atoms with Crippen LogP contribution >= 0.6 is 0 Å². The second-order valence-corrected chi connectivity index (χ2v) is 9.86. The van der Waals surface area contributed by atoms with E-state index < -0.39 is 23.9 Å². The van der Waals surface area contributed by atoms with E-state index in [0.29, 0.717) is 26.1 Å². The van der Waals surface area contributed by atoms with Gasteiger partial charge in [-0.05, 0) is 18.6 Å². The fourth-order valence-electron chi connectivity index (χ4n) is 4.98. The smallest absolute Gasteiger partial charge is 0.437 e. The Kier molecular flexibility index (Phi) is 6.94. The number of halogens is 3. The van der Waals surface area contributed by atoms with Gasteiger partial charge in [0.15, 0.2) is 5.69 Å². The quantitative estimate of drug-likeness (QED) is 0.354. The summed E-state index contributed by atoms with van der Waals surface area (Å²) >= 11 is 0. The van der Waals surface area contributed by atoms with Crippen molar-refractivity contribution in [2.24, 2.45) is 5.73 Å². The number of aromatic hydroxyl groups is 1. The Balaban J connectivity index is 1.15. The van der Waals surface area contributed by atoms with Crippen LogP contribution in [0.3, 0.4) is 0 Å². The Morgan fingerprint density at radius 1 is 1.12 bits per heavy atom. The number of alkyl halides is 3. The lowest BCUT2D eigenvalue weighted by Crippen LogP contribution is -2.52. The highest BCUT2D eigenvalue weighted by Gasteiger charge is 2.39. The molecule has 2 fully saturated rings. The van der Waals surface area contributed by atoms with Crippen molar-refractivity contribution in [1.82, 2.24) is 29.3 Å². The van der Waals surface area contributed by atoms with E-state index >= 15 is 0 Å². The first-order chi connectivity index (χ1) is 20.1. The SMILES string of the molecule is N[C@@H]1CO[C@H](C(=O)N2CCN(C(=O)c3ccc(Oc4nccn5c(-c6conc6C(F)(F)F)cnc45)cc3O)CC2)C1. The number of carbonyl (C=O) groups is 2. The van der Waals surface area contributed by atoms with Crippen LogP contribution in [0.2, 0.25) is 0 Å². The minimum Gasteiger partial charge on any atom is -0.507 e. The number of aromatic nitrogens is 4. The Bertz CT molecular complexity index is 1650. The van der Waals surface area contributed by atoms with E-state index in [9.17, 15) is 27.9 Å². The Labute approximate surface area is 235 Å². The number of benzene rings is 1. The molecule has 2 saturated heterocycles. The lowest BCUT2D eigenvalue weighted by Gasteiger charge is -2.35. The summed E-state index contributed by atoms with van der Waals surface area (Å²) in [6.45, 7) is 1.54. The Morgan fingerprint density at radius 2 is 1.88 bits per heavy atom. The molecular formula is C26H24F3N7O6. The highest BCUT2D eigenvalue weighted by molar-refractivity contribution is 5.97. The molecule has 16 heteroatoms. The first-order valence-electron chi connectivity index (χ1n) is 12.9. The number of carbonyl (C=O) groups excluding carboxylic acids is 2. The molecular weight excluding hydrogens is 563 g/mol. The normalized spacial score (nSPS) is 19.4. The van der Waals surface area contributed by atoms with Crippen molar-refractivity contribution in [2.75, 3.05) is 32.8 Å². The Morgan fingerprint density at radius 3 is 2.57 bits per heavy atom. The lowest BCUT2D eigenvalue weighted by atomic mass is 10.1. The molecule has 0 radical (unpaired) electrons. The minimum atomic E-state index is -4.74. The predicted octanol–water partition coefficient (Wildman–Crippen LogP) is 2.30. The number of phenolic OH excluding ortho intramolecular Hbond substituents is 1. The summed E-state index contributed by atoms with van der Waals surface area (Å²) in [6, 6.07) is 3.90. The fourth-order valence-corrected chi connectivity index (χ4v) is 4.98. The zero-order valence-electron chi connectivity index (χ0n) is 21.8. The monoisotopic (exact) mass is 587 g/mol. The highest BCUT2D eigenvalue weighted by Crippen LogP contribution is 2.37. The van der Waals surface area contributed by atoms with E-state index in [2.05, 4.69) is 19.6 Å². The van der Waals surface area contributed by atoms with Gasteiger partial charge >= 0.3 is 6.18 Å². The van der Waals surface area contributed by atoms with Gasteiger partial charge in [0.05, 0.1) is 29.6 Å². The molecule has 13 nitrogen and oxygen atoms in total. The van der Waals surface area contributed by atoms with Gasteiger partial charge in [-0.2, -0.15) is 13.2 Å². The minimum absolute atomic E-state index is 0.0358. The average molecular weight is 588 g/mol. The summed E-state index contributed by atoms with van der Waals surface area (Å²) < 4.78 is 57.1. The largest absolute Gasteiger partial charge is 0.507 e. The summed E-state index contributed by atoms with van der Waals surface area (Å²) in [5.41, 5.74) is 4.49. The average Bonchev–Trinajstić information content (AvgIpc) is 3.72. The van der Waals surface area contributed by atoms with Crippen molar-refractivity contribution >= 4 is 17.5 Å². The molecule has 0 bridgehead atoms. The molecule has 3 N–H and O–H groups in total. The van der Waals surface area contributed by atoms with Crippen LogP contribution < -0.4 is 10.5 Å². The number of nitrogens with two attached hydrogens (primary N) is 1. The summed E-state index contributed by atoms with van der Waals surface area (Å²) in [5, 5.41) is 13.7. The van der Waals surface area contributed by atoms with Crippen molar-refractivity contribution in [3.63, 3.8) is 0 Å². The summed E-state index contributed by atoms with van der Waals surface area (Å²) in [4.78, 5) is 37.2. The van der Waals surface area contributed by atoms with Crippen LogP contribution in [0.4, 0.5) is 13.2 Å². The third-order valence-electron chi connectivity index (χ3n) is 7.11. The number of hydrogen-bond donors (Lipinski definition) is 2. The van der Waals surface area contributed by atoms with E-state index in [-0.39, 0.29) is 64.9 Å². The number of fused-ring (bicyclic) bond motifs is 1. The summed E-state index contributed by atoms with van der Waals surface area (Å²) in [5.74, 6) is -0.854. The number of piperazine rings is 1. The number of amides is 2. The lowest BCUT2D eigenvalue weighted by molar-refractivity contribution is -0.143. The molecule has 42 heavy (non-hydrogen) atoms. The molecule has 2 amide bonds. The van der Waals surface area contributed by atoms with Gasteiger partial charge in [-0.3, -0.25) is 14.0 Å². The number of phenols is 1. The zero-order chi connectivity index (χ0) is 29.6. The van der Waals surface area contributed by atoms with Crippen molar-refractivity contribution in [2.45, 2.75) is 24.7 Å². The number of rotatable bonds is 5. The molecule has 1 aromatic carbocycles. The molecule has 2 aliphatic rings. The first kappa shape index (κ1) is 27.5. The third kappa shape index (κ3) is 5.09. The molecule has 2 atom stereocenters. The van der Waals surface area contributed by atoms with E-state index in [1.807, 2.05) is 0 Å². The molecule has 0 unspecified atom stereocenters. The number of nitrogens with zero attached hydrogens (tertiary/aromatic N) is 6. The van der Waals surface area contributed by atoms with Gasteiger partial charge in [-0.15, -0.1) is 0 Å².